The molecule has 1 aliphatic heterocycles. The number of phenols is 2. The van der Waals surface area contributed by atoms with Gasteiger partial charge >= 0.3 is 5.97 Å². The Labute approximate surface area is 186 Å². The molecule has 31 heavy (non-hydrogen) atoms. The van der Waals surface area contributed by atoms with Crippen molar-refractivity contribution in [1.29, 1.82) is 0 Å². The van der Waals surface area contributed by atoms with Crippen molar-refractivity contribution in [2.75, 3.05) is 0 Å². The van der Waals surface area contributed by atoms with Gasteiger partial charge in [0.1, 0.15) is 17.1 Å². The van der Waals surface area contributed by atoms with Gasteiger partial charge in [0.15, 0.2) is 8.32 Å². The summed E-state index contributed by atoms with van der Waals surface area (Å²) in [5.41, 5.74) is 0.634. The zero-order valence-corrected chi connectivity index (χ0v) is 20.5. The van der Waals surface area contributed by atoms with E-state index < -0.39 is 14.3 Å². The number of hydrogen-bond donors (Lipinski definition) is 2. The molecule has 0 spiro atoms. The Morgan fingerprint density at radius 3 is 2.45 bits per heavy atom. The molecule has 5 nitrogen and oxygen atoms in total. The van der Waals surface area contributed by atoms with E-state index in [0.717, 1.165) is 12.8 Å². The van der Waals surface area contributed by atoms with E-state index in [1.807, 2.05) is 19.1 Å². The fourth-order valence-corrected chi connectivity index (χ4v) is 5.15. The number of ether oxygens (including phenoxy) is 1. The van der Waals surface area contributed by atoms with Crippen molar-refractivity contribution in [1.82, 2.24) is 0 Å². The number of allylic oxidation sites excluding steroid dienone is 3. The Morgan fingerprint density at radius 1 is 1.10 bits per heavy atom. The smallest absolute Gasteiger partial charge is 0.342 e. The molecule has 6 heteroatoms. The minimum absolute atomic E-state index is 0.0230. The highest BCUT2D eigenvalue weighted by molar-refractivity contribution is 6.74. The Balaban J connectivity index is 2.00. The lowest BCUT2D eigenvalue weighted by molar-refractivity contribution is 0.0306. The lowest BCUT2D eigenvalue weighted by atomic mass is 9.99. The number of benzene rings is 1. The van der Waals surface area contributed by atoms with E-state index in [1.54, 1.807) is 0 Å². The Morgan fingerprint density at radius 2 is 1.77 bits per heavy atom. The van der Waals surface area contributed by atoms with Crippen LogP contribution in [-0.4, -0.2) is 36.7 Å². The summed E-state index contributed by atoms with van der Waals surface area (Å²) in [5, 5.41) is 20.6. The predicted octanol–water partition coefficient (Wildman–Crippen LogP) is 5.73. The summed E-state index contributed by atoms with van der Waals surface area (Å²) in [6.45, 7) is 12.8. The first-order chi connectivity index (χ1) is 14.4. The Bertz CT molecular complexity index is 881. The molecule has 1 fully saturated rings. The molecular weight excluding hydrogens is 408 g/mol. The van der Waals surface area contributed by atoms with E-state index in [4.69, 9.17) is 9.16 Å². The zero-order chi connectivity index (χ0) is 23.0. The van der Waals surface area contributed by atoms with Crippen LogP contribution in [-0.2, 0) is 15.6 Å². The molecule has 4 atom stereocenters. The van der Waals surface area contributed by atoms with Crippen LogP contribution in [0.5, 0.6) is 11.5 Å². The largest absolute Gasteiger partial charge is 0.508 e. The monoisotopic (exact) mass is 444 g/mol. The standard InChI is InChI=1S/C25H36O5Si/c1-16-11-18-12-17(18)9-7-8-10-21(30-31(5,6)25(2,3)4)14-19-13-20(26)15-22(27)23(19)24(28)29-16/h7-10,13,15-18,21,26-27H,11-12,14H2,1-6H3/b9-7-,10-8+/t16-,17+,18+,21?/m1/s1. The molecule has 170 valence electrons. The van der Waals surface area contributed by atoms with Crippen LogP contribution in [0, 0.1) is 11.8 Å². The van der Waals surface area contributed by atoms with E-state index >= 15 is 0 Å². The Hall–Kier alpha value is -2.05. The van der Waals surface area contributed by atoms with E-state index in [0.29, 0.717) is 23.8 Å². The van der Waals surface area contributed by atoms with Crippen LogP contribution in [0.2, 0.25) is 18.1 Å². The van der Waals surface area contributed by atoms with E-state index in [-0.39, 0.29) is 34.3 Å². The molecule has 1 heterocycles. The summed E-state index contributed by atoms with van der Waals surface area (Å²) in [5.74, 6) is 0.126. The number of rotatable bonds is 2. The normalized spacial score (nSPS) is 29.2. The lowest BCUT2D eigenvalue weighted by Crippen LogP contribution is -2.44. The fourth-order valence-electron chi connectivity index (χ4n) is 3.88. The summed E-state index contributed by atoms with van der Waals surface area (Å²) in [4.78, 5) is 13.0. The average molecular weight is 445 g/mol. The summed E-state index contributed by atoms with van der Waals surface area (Å²) < 4.78 is 12.3. The summed E-state index contributed by atoms with van der Waals surface area (Å²) >= 11 is 0. The molecule has 1 aliphatic carbocycles. The summed E-state index contributed by atoms with van der Waals surface area (Å²) in [6, 6.07) is 2.71. The maximum Gasteiger partial charge on any atom is 0.342 e. The van der Waals surface area contributed by atoms with Crippen molar-refractivity contribution in [3.05, 3.63) is 47.6 Å². The zero-order valence-electron chi connectivity index (χ0n) is 19.5. The number of phenolic OH excluding ortho intramolecular Hbond substituents is 2. The molecule has 0 saturated heterocycles. The summed E-state index contributed by atoms with van der Waals surface area (Å²) in [7, 11) is -2.10. The van der Waals surface area contributed by atoms with Gasteiger partial charge in [-0.2, -0.15) is 0 Å². The molecule has 0 amide bonds. The molecule has 1 saturated carbocycles. The number of carbonyl (C=O) groups excluding carboxylic acids is 1. The number of aromatic hydroxyl groups is 2. The third-order valence-corrected chi connectivity index (χ3v) is 11.3. The van der Waals surface area contributed by atoms with Crippen LogP contribution in [0.4, 0.5) is 0 Å². The second-order valence-electron chi connectivity index (χ2n) is 10.5. The van der Waals surface area contributed by atoms with E-state index in [9.17, 15) is 15.0 Å². The number of hydrogen-bond acceptors (Lipinski definition) is 5. The van der Waals surface area contributed by atoms with Gasteiger partial charge in [-0.1, -0.05) is 45.1 Å². The number of cyclic esters (lactones) is 1. The quantitative estimate of drug-likeness (QED) is 0.450. The molecule has 2 N–H and O–H groups in total. The highest BCUT2D eigenvalue weighted by Gasteiger charge is 2.39. The van der Waals surface area contributed by atoms with Crippen molar-refractivity contribution in [3.8, 4) is 11.5 Å². The van der Waals surface area contributed by atoms with Gasteiger partial charge in [-0.15, -0.1) is 0 Å². The van der Waals surface area contributed by atoms with Crippen LogP contribution in [0.3, 0.4) is 0 Å². The highest BCUT2D eigenvalue weighted by atomic mass is 28.4. The maximum atomic E-state index is 13.0. The third kappa shape index (κ3) is 5.80. The van der Waals surface area contributed by atoms with Gasteiger partial charge in [-0.3, -0.25) is 0 Å². The topological polar surface area (TPSA) is 76.0 Å². The molecule has 0 aromatic heterocycles. The first kappa shape index (κ1) is 23.6. The summed E-state index contributed by atoms with van der Waals surface area (Å²) in [6.07, 6.45) is 10.0. The van der Waals surface area contributed by atoms with Crippen molar-refractivity contribution in [2.24, 2.45) is 11.8 Å². The van der Waals surface area contributed by atoms with Gasteiger partial charge < -0.3 is 19.4 Å². The first-order valence-electron chi connectivity index (χ1n) is 11.2. The van der Waals surface area contributed by atoms with Crippen molar-refractivity contribution >= 4 is 14.3 Å². The van der Waals surface area contributed by atoms with Crippen LogP contribution in [0.15, 0.2) is 36.4 Å². The number of esters is 1. The lowest BCUT2D eigenvalue weighted by Gasteiger charge is -2.38. The molecule has 1 aromatic rings. The Kier molecular flexibility index (Phi) is 6.72. The molecule has 1 aromatic carbocycles. The highest BCUT2D eigenvalue weighted by Crippen LogP contribution is 2.44. The van der Waals surface area contributed by atoms with Gasteiger partial charge in [-0.25, -0.2) is 4.79 Å². The van der Waals surface area contributed by atoms with Crippen LogP contribution >= 0.6 is 0 Å². The second kappa shape index (κ2) is 8.83. The first-order valence-corrected chi connectivity index (χ1v) is 14.1. The van der Waals surface area contributed by atoms with Gasteiger partial charge in [-0.05, 0) is 61.4 Å². The SMILES string of the molecule is C[C@@H]1C[C@H]2C[C@@H]2/C=C\C=C\C(O[Si](C)(C)C(C)(C)C)Cc2cc(O)cc(O)c2C(=O)O1. The number of carbonyl (C=O) groups is 1. The van der Waals surface area contributed by atoms with E-state index in [1.165, 1.54) is 12.1 Å². The second-order valence-corrected chi connectivity index (χ2v) is 15.3. The molecule has 0 radical (unpaired) electrons. The number of fused-ring (bicyclic) bond motifs is 2. The minimum atomic E-state index is -2.10. The molecule has 3 rings (SSSR count). The van der Waals surface area contributed by atoms with Crippen LogP contribution < -0.4 is 0 Å². The molecular formula is C25H36O5Si. The molecule has 0 bridgehead atoms. The maximum absolute atomic E-state index is 13.0. The van der Waals surface area contributed by atoms with Crippen LogP contribution in [0.1, 0.15) is 56.5 Å². The van der Waals surface area contributed by atoms with Gasteiger partial charge in [0.25, 0.3) is 0 Å². The van der Waals surface area contributed by atoms with Crippen molar-refractivity contribution < 1.29 is 24.2 Å². The predicted molar refractivity (Wildman–Crippen MR) is 125 cm³/mol. The van der Waals surface area contributed by atoms with Gasteiger partial charge in [0, 0.05) is 12.5 Å². The van der Waals surface area contributed by atoms with Gasteiger partial charge in [0.05, 0.1) is 12.2 Å². The van der Waals surface area contributed by atoms with Crippen LogP contribution in [0.25, 0.3) is 0 Å². The molecule has 1 unspecified atom stereocenters. The fraction of sp³-hybridized carbons (Fsp3) is 0.560. The van der Waals surface area contributed by atoms with Crippen molar-refractivity contribution in [2.45, 2.75) is 77.3 Å². The van der Waals surface area contributed by atoms with Gasteiger partial charge in [0.2, 0.25) is 0 Å². The van der Waals surface area contributed by atoms with E-state index in [2.05, 4.69) is 46.0 Å². The minimum Gasteiger partial charge on any atom is -0.508 e. The third-order valence-electron chi connectivity index (χ3n) is 6.78. The average Bonchev–Trinajstić information content (AvgIpc) is 3.33. The van der Waals surface area contributed by atoms with Crippen molar-refractivity contribution in [3.63, 3.8) is 0 Å². The molecule has 2 aliphatic rings.